The highest BCUT2D eigenvalue weighted by molar-refractivity contribution is 5.75. The van der Waals surface area contributed by atoms with Crippen molar-refractivity contribution in [3.05, 3.63) is 35.4 Å². The van der Waals surface area contributed by atoms with Gasteiger partial charge in [-0.05, 0) is 39.2 Å². The molecule has 0 aliphatic carbocycles. The van der Waals surface area contributed by atoms with E-state index in [1.165, 1.54) is 12.1 Å². The molecule has 1 aromatic carbocycles. The number of hydrogen-bond acceptors (Lipinski definition) is 2. The molecule has 4 nitrogen and oxygen atoms in total. The Hall–Kier alpha value is -1.69. The van der Waals surface area contributed by atoms with Crippen LogP contribution < -0.4 is 5.32 Å². The summed E-state index contributed by atoms with van der Waals surface area (Å²) in [4.78, 5) is 14.0. The number of carbonyl (C=O) groups is 1. The highest BCUT2D eigenvalue weighted by Crippen LogP contribution is 2.23. The summed E-state index contributed by atoms with van der Waals surface area (Å²) < 4.78 is 27.0. The Morgan fingerprint density at radius 2 is 2.18 bits per heavy atom. The second-order valence-electron chi connectivity index (χ2n) is 5.89. The first-order valence-corrected chi connectivity index (χ1v) is 7.59. The monoisotopic (exact) mass is 312 g/mol. The molecule has 0 saturated carbocycles. The molecule has 1 saturated heterocycles. The third-order valence-corrected chi connectivity index (χ3v) is 4.04. The smallest absolute Gasteiger partial charge is 0.318 e. The molecule has 22 heavy (non-hydrogen) atoms. The number of benzene rings is 1. The number of nitrogens with one attached hydrogen (secondary N) is 1. The van der Waals surface area contributed by atoms with Crippen molar-refractivity contribution in [1.82, 2.24) is 10.2 Å². The van der Waals surface area contributed by atoms with Crippen molar-refractivity contribution < 1.29 is 18.7 Å². The largest absolute Gasteiger partial charge is 0.393 e. The van der Waals surface area contributed by atoms with Crippen LogP contribution in [0.1, 0.15) is 44.7 Å². The Bertz CT molecular complexity index is 537. The van der Waals surface area contributed by atoms with E-state index in [4.69, 9.17) is 0 Å². The molecule has 0 bridgehead atoms. The van der Waals surface area contributed by atoms with E-state index in [1.807, 2.05) is 0 Å². The van der Waals surface area contributed by atoms with E-state index >= 15 is 0 Å². The second-order valence-corrected chi connectivity index (χ2v) is 5.89. The first-order chi connectivity index (χ1) is 10.4. The molecule has 0 spiro atoms. The number of amides is 2. The zero-order chi connectivity index (χ0) is 16.3. The summed E-state index contributed by atoms with van der Waals surface area (Å²) in [5, 5.41) is 12.2. The highest BCUT2D eigenvalue weighted by atomic mass is 19.2. The van der Waals surface area contributed by atoms with Gasteiger partial charge in [0.2, 0.25) is 0 Å². The average molecular weight is 312 g/mol. The fourth-order valence-corrected chi connectivity index (χ4v) is 2.94. The molecule has 2 amide bonds. The molecule has 0 radical (unpaired) electrons. The minimum absolute atomic E-state index is 0.00967. The lowest BCUT2D eigenvalue weighted by atomic mass is 10.1. The van der Waals surface area contributed by atoms with Crippen LogP contribution in [0.2, 0.25) is 0 Å². The SMILES string of the molecule is CC(O)CC1CCCN1C(=O)NC(C)c1cccc(F)c1F. The van der Waals surface area contributed by atoms with Crippen LogP contribution in [0.4, 0.5) is 13.6 Å². The molecule has 1 aromatic rings. The summed E-state index contributed by atoms with van der Waals surface area (Å²) in [6.45, 7) is 3.93. The molecular weight excluding hydrogens is 290 g/mol. The van der Waals surface area contributed by atoms with E-state index in [2.05, 4.69) is 5.32 Å². The van der Waals surface area contributed by atoms with E-state index in [9.17, 15) is 18.7 Å². The average Bonchev–Trinajstić information content (AvgIpc) is 2.89. The van der Waals surface area contributed by atoms with Crippen LogP contribution in [-0.4, -0.2) is 34.7 Å². The number of aliphatic hydroxyl groups is 1. The molecule has 1 fully saturated rings. The van der Waals surface area contributed by atoms with Crippen molar-refractivity contribution in [2.45, 2.75) is 51.3 Å². The van der Waals surface area contributed by atoms with Crippen LogP contribution in [0.5, 0.6) is 0 Å². The van der Waals surface area contributed by atoms with Gasteiger partial charge in [-0.3, -0.25) is 0 Å². The van der Waals surface area contributed by atoms with Crippen molar-refractivity contribution in [2.24, 2.45) is 0 Å². The predicted molar refractivity (Wildman–Crippen MR) is 79.3 cm³/mol. The highest BCUT2D eigenvalue weighted by Gasteiger charge is 2.30. The molecule has 3 unspecified atom stereocenters. The lowest BCUT2D eigenvalue weighted by Gasteiger charge is -2.27. The van der Waals surface area contributed by atoms with Gasteiger partial charge in [0.05, 0.1) is 12.1 Å². The fourth-order valence-electron chi connectivity index (χ4n) is 2.94. The molecule has 122 valence electrons. The third-order valence-electron chi connectivity index (χ3n) is 4.04. The lowest BCUT2D eigenvalue weighted by molar-refractivity contribution is 0.137. The van der Waals surface area contributed by atoms with Crippen molar-refractivity contribution in [2.75, 3.05) is 6.54 Å². The Balaban J connectivity index is 2.03. The van der Waals surface area contributed by atoms with Crippen LogP contribution >= 0.6 is 0 Å². The number of nitrogens with zero attached hydrogens (tertiary/aromatic N) is 1. The van der Waals surface area contributed by atoms with Gasteiger partial charge < -0.3 is 15.3 Å². The lowest BCUT2D eigenvalue weighted by Crippen LogP contribution is -2.44. The minimum Gasteiger partial charge on any atom is -0.393 e. The summed E-state index contributed by atoms with van der Waals surface area (Å²) in [5.74, 6) is -1.86. The number of hydrogen-bond donors (Lipinski definition) is 2. The number of halogens is 2. The number of likely N-dealkylation sites (tertiary alicyclic amines) is 1. The number of urea groups is 1. The maximum absolute atomic E-state index is 13.8. The van der Waals surface area contributed by atoms with Gasteiger partial charge in [-0.2, -0.15) is 0 Å². The van der Waals surface area contributed by atoms with Gasteiger partial charge in [0, 0.05) is 18.2 Å². The van der Waals surface area contributed by atoms with E-state index in [0.29, 0.717) is 13.0 Å². The van der Waals surface area contributed by atoms with Gasteiger partial charge >= 0.3 is 6.03 Å². The Morgan fingerprint density at radius 3 is 2.86 bits per heavy atom. The molecule has 1 heterocycles. The van der Waals surface area contributed by atoms with Gasteiger partial charge in [-0.1, -0.05) is 12.1 Å². The second kappa shape index (κ2) is 7.05. The quantitative estimate of drug-likeness (QED) is 0.898. The maximum atomic E-state index is 13.8. The van der Waals surface area contributed by atoms with Gasteiger partial charge in [-0.25, -0.2) is 13.6 Å². The summed E-state index contributed by atoms with van der Waals surface area (Å²) in [5.41, 5.74) is 0.125. The number of aliphatic hydroxyl groups excluding tert-OH is 1. The molecule has 0 aromatic heterocycles. The predicted octanol–water partition coefficient (Wildman–Crippen LogP) is 2.97. The molecule has 2 rings (SSSR count). The van der Waals surface area contributed by atoms with Crippen LogP contribution in [0.25, 0.3) is 0 Å². The molecule has 1 aliphatic heterocycles. The first kappa shape index (κ1) is 16.7. The number of carbonyl (C=O) groups excluding carboxylic acids is 1. The van der Waals surface area contributed by atoms with Gasteiger partial charge in [0.15, 0.2) is 11.6 Å². The van der Waals surface area contributed by atoms with Crippen molar-refractivity contribution >= 4 is 6.03 Å². The van der Waals surface area contributed by atoms with Crippen molar-refractivity contribution in [1.29, 1.82) is 0 Å². The van der Waals surface area contributed by atoms with E-state index in [1.54, 1.807) is 18.7 Å². The van der Waals surface area contributed by atoms with Gasteiger partial charge in [0.25, 0.3) is 0 Å². The topological polar surface area (TPSA) is 52.6 Å². The fraction of sp³-hybridized carbons (Fsp3) is 0.562. The third kappa shape index (κ3) is 3.74. The first-order valence-electron chi connectivity index (χ1n) is 7.59. The Morgan fingerprint density at radius 1 is 1.45 bits per heavy atom. The zero-order valence-electron chi connectivity index (χ0n) is 12.9. The standard InChI is InChI=1S/C16H22F2N2O2/c1-10(21)9-12-5-4-8-20(12)16(22)19-11(2)13-6-3-7-14(17)15(13)18/h3,6-7,10-12,21H,4-5,8-9H2,1-2H3,(H,19,22). The van der Waals surface area contributed by atoms with Crippen LogP contribution in [0.3, 0.4) is 0 Å². The van der Waals surface area contributed by atoms with Crippen LogP contribution in [-0.2, 0) is 0 Å². The van der Waals surface area contributed by atoms with Crippen LogP contribution in [0.15, 0.2) is 18.2 Å². The molecule has 6 heteroatoms. The van der Waals surface area contributed by atoms with Crippen LogP contribution in [0, 0.1) is 11.6 Å². The summed E-state index contributed by atoms with van der Waals surface area (Å²) in [6.07, 6.45) is 1.78. The van der Waals surface area contributed by atoms with E-state index in [-0.39, 0.29) is 17.6 Å². The van der Waals surface area contributed by atoms with Crippen molar-refractivity contribution in [3.63, 3.8) is 0 Å². The molecule has 2 N–H and O–H groups in total. The minimum atomic E-state index is -0.933. The maximum Gasteiger partial charge on any atom is 0.318 e. The molecule has 1 aliphatic rings. The van der Waals surface area contributed by atoms with Crippen molar-refractivity contribution in [3.8, 4) is 0 Å². The molecule has 3 atom stereocenters. The number of rotatable bonds is 4. The van der Waals surface area contributed by atoms with E-state index < -0.39 is 23.8 Å². The Kier molecular flexibility index (Phi) is 5.34. The summed E-state index contributed by atoms with van der Waals surface area (Å²) in [6, 6.07) is 2.98. The summed E-state index contributed by atoms with van der Waals surface area (Å²) in [7, 11) is 0. The molecular formula is C16H22F2N2O2. The summed E-state index contributed by atoms with van der Waals surface area (Å²) >= 11 is 0. The normalized spacial score (nSPS) is 20.8. The van der Waals surface area contributed by atoms with Gasteiger partial charge in [0.1, 0.15) is 0 Å². The zero-order valence-corrected chi connectivity index (χ0v) is 12.9. The Labute approximate surface area is 129 Å². The van der Waals surface area contributed by atoms with E-state index in [0.717, 1.165) is 18.9 Å². The van der Waals surface area contributed by atoms with Gasteiger partial charge in [-0.15, -0.1) is 0 Å².